The number of benzene rings is 1. The van der Waals surface area contributed by atoms with Crippen molar-refractivity contribution in [2.75, 3.05) is 6.54 Å². The van der Waals surface area contributed by atoms with Crippen LogP contribution in [0.2, 0.25) is 0 Å². The van der Waals surface area contributed by atoms with Gasteiger partial charge in [0, 0.05) is 12.1 Å². The Hall–Kier alpha value is -1.40. The van der Waals surface area contributed by atoms with Gasteiger partial charge in [-0.2, -0.15) is 4.31 Å². The van der Waals surface area contributed by atoms with Crippen LogP contribution in [0.4, 0.5) is 0 Å². The van der Waals surface area contributed by atoms with Crippen molar-refractivity contribution in [2.24, 2.45) is 0 Å². The zero-order valence-electron chi connectivity index (χ0n) is 12.8. The van der Waals surface area contributed by atoms with Gasteiger partial charge in [0.15, 0.2) is 0 Å². The van der Waals surface area contributed by atoms with Crippen molar-refractivity contribution in [2.45, 2.75) is 51.0 Å². The van der Waals surface area contributed by atoms with Crippen molar-refractivity contribution in [1.29, 1.82) is 0 Å². The van der Waals surface area contributed by atoms with E-state index in [1.165, 1.54) is 10.4 Å². The molecule has 1 aliphatic heterocycles. The minimum atomic E-state index is -3.68. The molecule has 5 nitrogen and oxygen atoms in total. The summed E-state index contributed by atoms with van der Waals surface area (Å²) in [5.74, 6) is -1.11. The Morgan fingerprint density at radius 2 is 1.86 bits per heavy atom. The van der Waals surface area contributed by atoms with E-state index in [1.807, 2.05) is 13.8 Å². The Bertz CT molecular complexity index is 692. The molecule has 6 heteroatoms. The third kappa shape index (κ3) is 2.70. The molecule has 1 saturated heterocycles. The maximum Gasteiger partial charge on any atom is 0.335 e. The van der Waals surface area contributed by atoms with Crippen molar-refractivity contribution < 1.29 is 18.3 Å². The summed E-state index contributed by atoms with van der Waals surface area (Å²) in [6, 6.07) is 2.91. The molecule has 1 heterocycles. The highest BCUT2D eigenvalue weighted by Gasteiger charge is 2.41. The summed E-state index contributed by atoms with van der Waals surface area (Å²) in [7, 11) is -3.68. The maximum atomic E-state index is 12.9. The van der Waals surface area contributed by atoms with E-state index in [0.717, 1.165) is 12.8 Å². The van der Waals surface area contributed by atoms with Crippen LogP contribution >= 0.6 is 0 Å². The molecule has 0 bridgehead atoms. The third-order valence-electron chi connectivity index (χ3n) is 4.15. The average molecular weight is 311 g/mol. The van der Waals surface area contributed by atoms with Crippen LogP contribution in [0.15, 0.2) is 17.0 Å². The highest BCUT2D eigenvalue weighted by Crippen LogP contribution is 2.35. The van der Waals surface area contributed by atoms with Crippen LogP contribution in [-0.2, 0) is 10.0 Å². The minimum Gasteiger partial charge on any atom is -0.478 e. The zero-order valence-corrected chi connectivity index (χ0v) is 13.6. The van der Waals surface area contributed by atoms with E-state index in [4.69, 9.17) is 0 Å². The molecule has 0 unspecified atom stereocenters. The van der Waals surface area contributed by atoms with Crippen LogP contribution < -0.4 is 0 Å². The summed E-state index contributed by atoms with van der Waals surface area (Å²) in [5, 5.41) is 9.21. The second kappa shape index (κ2) is 5.10. The number of hydrogen-bond acceptors (Lipinski definition) is 3. The first-order valence-electron chi connectivity index (χ1n) is 6.95. The molecule has 0 amide bonds. The summed E-state index contributed by atoms with van der Waals surface area (Å²) in [5.41, 5.74) is 0.760. The standard InChI is InChI=1S/C15H21NO4S/c1-10-8-11(2)13(9-12(10)14(17)18)21(19,20)16-7-5-6-15(16,3)4/h8-9H,5-7H2,1-4H3,(H,17,18). The number of carboxylic acid groups (broad SMARTS) is 1. The molecule has 0 atom stereocenters. The highest BCUT2D eigenvalue weighted by atomic mass is 32.2. The fourth-order valence-corrected chi connectivity index (χ4v) is 5.07. The number of aryl methyl sites for hydroxylation is 2. The van der Waals surface area contributed by atoms with Crippen LogP contribution in [0, 0.1) is 13.8 Å². The SMILES string of the molecule is Cc1cc(C)c(S(=O)(=O)N2CCCC2(C)C)cc1C(=O)O. The van der Waals surface area contributed by atoms with Gasteiger partial charge in [0.1, 0.15) is 0 Å². The fraction of sp³-hybridized carbons (Fsp3) is 0.533. The molecule has 2 rings (SSSR count). The van der Waals surface area contributed by atoms with E-state index in [1.54, 1.807) is 19.9 Å². The molecule has 0 aromatic heterocycles. The molecule has 1 fully saturated rings. The van der Waals surface area contributed by atoms with Gasteiger partial charge in [0.05, 0.1) is 10.5 Å². The average Bonchev–Trinajstić information content (AvgIpc) is 2.68. The molecule has 1 aromatic rings. The molecular weight excluding hydrogens is 290 g/mol. The van der Waals surface area contributed by atoms with Crippen LogP contribution in [0.25, 0.3) is 0 Å². The number of nitrogens with zero attached hydrogens (tertiary/aromatic N) is 1. The Kier molecular flexibility index (Phi) is 3.88. The van der Waals surface area contributed by atoms with Gasteiger partial charge in [-0.3, -0.25) is 0 Å². The second-order valence-corrected chi connectivity index (χ2v) is 8.06. The Morgan fingerprint density at radius 1 is 1.24 bits per heavy atom. The predicted octanol–water partition coefficient (Wildman–Crippen LogP) is 2.56. The quantitative estimate of drug-likeness (QED) is 0.931. The number of carbonyl (C=O) groups is 1. The Balaban J connectivity index is 2.60. The Labute approximate surface area is 125 Å². The van der Waals surface area contributed by atoms with Crippen molar-refractivity contribution in [3.8, 4) is 0 Å². The number of sulfonamides is 1. The molecule has 0 radical (unpaired) electrons. The van der Waals surface area contributed by atoms with Gasteiger partial charge >= 0.3 is 5.97 Å². The third-order valence-corrected chi connectivity index (χ3v) is 6.40. The lowest BCUT2D eigenvalue weighted by atomic mass is 10.0. The lowest BCUT2D eigenvalue weighted by Crippen LogP contribution is -2.42. The van der Waals surface area contributed by atoms with Crippen LogP contribution in [0.3, 0.4) is 0 Å². The summed E-state index contributed by atoms with van der Waals surface area (Å²) in [6.07, 6.45) is 1.63. The van der Waals surface area contributed by atoms with Gasteiger partial charge < -0.3 is 5.11 Å². The maximum absolute atomic E-state index is 12.9. The summed E-state index contributed by atoms with van der Waals surface area (Å²) in [4.78, 5) is 11.4. The normalized spacial score (nSPS) is 18.9. The van der Waals surface area contributed by atoms with Crippen molar-refractivity contribution >= 4 is 16.0 Å². The smallest absolute Gasteiger partial charge is 0.335 e. The lowest BCUT2D eigenvalue weighted by molar-refractivity contribution is 0.0696. The highest BCUT2D eigenvalue weighted by molar-refractivity contribution is 7.89. The molecule has 1 aliphatic rings. The van der Waals surface area contributed by atoms with Crippen LogP contribution in [0.5, 0.6) is 0 Å². The molecule has 21 heavy (non-hydrogen) atoms. The van der Waals surface area contributed by atoms with Gasteiger partial charge in [-0.15, -0.1) is 0 Å². The van der Waals surface area contributed by atoms with E-state index in [9.17, 15) is 18.3 Å². The Morgan fingerprint density at radius 3 is 2.33 bits per heavy atom. The van der Waals surface area contributed by atoms with Gasteiger partial charge in [-0.05, 0) is 57.7 Å². The molecule has 116 valence electrons. The number of hydrogen-bond donors (Lipinski definition) is 1. The first-order valence-corrected chi connectivity index (χ1v) is 8.39. The van der Waals surface area contributed by atoms with Gasteiger partial charge in [-0.25, -0.2) is 13.2 Å². The van der Waals surface area contributed by atoms with E-state index in [0.29, 0.717) is 17.7 Å². The van der Waals surface area contributed by atoms with Crippen molar-refractivity contribution in [3.63, 3.8) is 0 Å². The van der Waals surface area contributed by atoms with Crippen molar-refractivity contribution in [3.05, 3.63) is 28.8 Å². The molecule has 1 N–H and O–H groups in total. The van der Waals surface area contributed by atoms with Gasteiger partial charge in [0.25, 0.3) is 0 Å². The first kappa shape index (κ1) is 16.0. The summed E-state index contributed by atoms with van der Waals surface area (Å²) in [6.45, 7) is 7.66. The molecular formula is C15H21NO4S. The zero-order chi connectivity index (χ0) is 16.0. The molecule has 0 spiro atoms. The summed E-state index contributed by atoms with van der Waals surface area (Å²) >= 11 is 0. The first-order chi connectivity index (χ1) is 9.57. The predicted molar refractivity (Wildman–Crippen MR) is 80.1 cm³/mol. The summed E-state index contributed by atoms with van der Waals surface area (Å²) < 4.78 is 27.3. The van der Waals surface area contributed by atoms with Crippen LogP contribution in [-0.4, -0.2) is 35.9 Å². The van der Waals surface area contributed by atoms with E-state index >= 15 is 0 Å². The van der Waals surface area contributed by atoms with E-state index in [-0.39, 0.29) is 10.5 Å². The lowest BCUT2D eigenvalue weighted by Gasteiger charge is -2.31. The van der Waals surface area contributed by atoms with E-state index < -0.39 is 21.5 Å². The van der Waals surface area contributed by atoms with E-state index in [2.05, 4.69) is 0 Å². The van der Waals surface area contributed by atoms with Crippen LogP contribution in [0.1, 0.15) is 48.2 Å². The molecule has 0 saturated carbocycles. The number of aromatic carboxylic acids is 1. The monoisotopic (exact) mass is 311 g/mol. The second-order valence-electron chi connectivity index (χ2n) is 6.23. The fourth-order valence-electron chi connectivity index (χ4n) is 2.99. The topological polar surface area (TPSA) is 74.7 Å². The number of carboxylic acids is 1. The van der Waals surface area contributed by atoms with Crippen molar-refractivity contribution in [1.82, 2.24) is 4.31 Å². The van der Waals surface area contributed by atoms with Gasteiger partial charge in [-0.1, -0.05) is 6.07 Å². The largest absolute Gasteiger partial charge is 0.478 e. The molecule has 0 aliphatic carbocycles. The van der Waals surface area contributed by atoms with Gasteiger partial charge in [0.2, 0.25) is 10.0 Å². The minimum absolute atomic E-state index is 0.0381. The number of rotatable bonds is 3. The molecule has 1 aromatic carbocycles.